The number of ether oxygens (including phenoxy) is 1. The lowest BCUT2D eigenvalue weighted by Gasteiger charge is -2.38. The Balaban J connectivity index is 1.31. The van der Waals surface area contributed by atoms with E-state index in [0.29, 0.717) is 37.2 Å². The molecule has 2 heterocycles. The van der Waals surface area contributed by atoms with Crippen LogP contribution < -0.4 is 10.1 Å². The first kappa shape index (κ1) is 27.1. The second-order valence-electron chi connectivity index (χ2n) is 10.3. The zero-order chi connectivity index (χ0) is 28.1. The topological polar surface area (TPSA) is 84.7 Å². The SMILES string of the molecule is CC(C)CC(=O)N1CCc2ccc(OCc3nc(C(=O)NCc4ccccc4)co3)cc2[C@@H]1c1cccc(F)c1. The summed E-state index contributed by atoms with van der Waals surface area (Å²) in [6.45, 7) is 4.99. The lowest BCUT2D eigenvalue weighted by atomic mass is 9.87. The van der Waals surface area contributed by atoms with E-state index in [0.717, 1.165) is 16.7 Å². The highest BCUT2D eigenvalue weighted by molar-refractivity contribution is 5.91. The summed E-state index contributed by atoms with van der Waals surface area (Å²) in [5.41, 5.74) is 3.86. The summed E-state index contributed by atoms with van der Waals surface area (Å²) in [5, 5.41) is 2.82. The quantitative estimate of drug-likeness (QED) is 0.288. The highest BCUT2D eigenvalue weighted by Crippen LogP contribution is 2.38. The van der Waals surface area contributed by atoms with E-state index in [1.54, 1.807) is 6.07 Å². The summed E-state index contributed by atoms with van der Waals surface area (Å²) in [5.74, 6) is 0.393. The molecule has 7 nitrogen and oxygen atoms in total. The third-order valence-corrected chi connectivity index (χ3v) is 6.86. The van der Waals surface area contributed by atoms with Gasteiger partial charge in [-0.3, -0.25) is 9.59 Å². The highest BCUT2D eigenvalue weighted by atomic mass is 19.1. The van der Waals surface area contributed by atoms with Gasteiger partial charge in [-0.05, 0) is 58.9 Å². The molecule has 0 aliphatic carbocycles. The molecule has 206 valence electrons. The number of hydrogen-bond acceptors (Lipinski definition) is 5. The van der Waals surface area contributed by atoms with Crippen molar-refractivity contribution in [1.82, 2.24) is 15.2 Å². The van der Waals surface area contributed by atoms with Crippen LogP contribution in [0.1, 0.15) is 64.9 Å². The van der Waals surface area contributed by atoms with E-state index in [9.17, 15) is 14.0 Å². The Kier molecular flexibility index (Phi) is 8.24. The minimum atomic E-state index is -0.420. The Morgan fingerprint density at radius 2 is 1.93 bits per heavy atom. The van der Waals surface area contributed by atoms with Crippen LogP contribution in [0.2, 0.25) is 0 Å². The second kappa shape index (κ2) is 12.2. The minimum Gasteiger partial charge on any atom is -0.484 e. The average Bonchev–Trinajstić information content (AvgIpc) is 3.43. The predicted octanol–water partition coefficient (Wildman–Crippen LogP) is 5.84. The standard InChI is InChI=1S/C32H32FN3O4/c1-21(2)15-30(37)36-14-13-23-11-12-26(17-27(23)31(36)24-9-6-10-25(33)16-24)39-20-29-35-28(19-40-29)32(38)34-18-22-7-4-3-5-8-22/h3-12,16-17,19,21,31H,13-15,18,20H2,1-2H3,(H,34,38)/t31-/m0/s1. The van der Waals surface area contributed by atoms with E-state index in [4.69, 9.17) is 9.15 Å². The second-order valence-corrected chi connectivity index (χ2v) is 10.3. The molecule has 0 bridgehead atoms. The first-order valence-corrected chi connectivity index (χ1v) is 13.4. The Bertz CT molecular complexity index is 1480. The van der Waals surface area contributed by atoms with Crippen molar-refractivity contribution in [3.05, 3.63) is 119 Å². The van der Waals surface area contributed by atoms with Crippen molar-refractivity contribution in [3.8, 4) is 5.75 Å². The van der Waals surface area contributed by atoms with Gasteiger partial charge in [-0.2, -0.15) is 0 Å². The van der Waals surface area contributed by atoms with Crippen LogP contribution in [0.5, 0.6) is 5.75 Å². The first-order chi connectivity index (χ1) is 19.4. The lowest BCUT2D eigenvalue weighted by molar-refractivity contribution is -0.134. The smallest absolute Gasteiger partial charge is 0.273 e. The molecule has 0 fully saturated rings. The van der Waals surface area contributed by atoms with Crippen LogP contribution in [0.15, 0.2) is 83.5 Å². The Hall–Kier alpha value is -4.46. The van der Waals surface area contributed by atoms with Crippen LogP contribution in [0.25, 0.3) is 0 Å². The van der Waals surface area contributed by atoms with Crippen LogP contribution in [-0.2, 0) is 24.4 Å². The fourth-order valence-corrected chi connectivity index (χ4v) is 4.95. The number of carbonyl (C=O) groups excluding carboxylic acids is 2. The molecule has 0 unspecified atom stereocenters. The molecule has 5 rings (SSSR count). The van der Waals surface area contributed by atoms with Crippen LogP contribution >= 0.6 is 0 Å². The van der Waals surface area contributed by atoms with Crippen molar-refractivity contribution in [3.63, 3.8) is 0 Å². The molecule has 8 heteroatoms. The van der Waals surface area contributed by atoms with E-state index in [-0.39, 0.29) is 41.7 Å². The minimum absolute atomic E-state index is 0.0192. The van der Waals surface area contributed by atoms with Gasteiger partial charge in [0, 0.05) is 19.5 Å². The number of oxazole rings is 1. The van der Waals surface area contributed by atoms with Gasteiger partial charge >= 0.3 is 0 Å². The molecular formula is C32H32FN3O4. The predicted molar refractivity (Wildman–Crippen MR) is 148 cm³/mol. The molecule has 1 N–H and O–H groups in total. The molecule has 0 saturated carbocycles. The van der Waals surface area contributed by atoms with Crippen molar-refractivity contribution >= 4 is 11.8 Å². The molecule has 4 aromatic rings. The Morgan fingerprint density at radius 1 is 1.10 bits per heavy atom. The van der Waals surface area contributed by atoms with Gasteiger partial charge < -0.3 is 19.4 Å². The number of carbonyl (C=O) groups is 2. The van der Waals surface area contributed by atoms with Gasteiger partial charge in [0.2, 0.25) is 11.8 Å². The Labute approximate surface area is 233 Å². The molecule has 40 heavy (non-hydrogen) atoms. The van der Waals surface area contributed by atoms with E-state index in [1.807, 2.05) is 73.3 Å². The summed E-state index contributed by atoms with van der Waals surface area (Å²) in [7, 11) is 0. The summed E-state index contributed by atoms with van der Waals surface area (Å²) in [6.07, 6.45) is 2.43. The zero-order valence-electron chi connectivity index (χ0n) is 22.6. The van der Waals surface area contributed by atoms with Crippen molar-refractivity contribution in [2.45, 2.75) is 45.9 Å². The molecule has 0 spiro atoms. The van der Waals surface area contributed by atoms with Gasteiger partial charge in [0.15, 0.2) is 12.3 Å². The monoisotopic (exact) mass is 541 g/mol. The van der Waals surface area contributed by atoms with E-state index in [1.165, 1.54) is 18.4 Å². The van der Waals surface area contributed by atoms with Gasteiger partial charge in [0.05, 0.1) is 6.04 Å². The van der Waals surface area contributed by atoms with E-state index < -0.39 is 6.04 Å². The zero-order valence-corrected chi connectivity index (χ0v) is 22.6. The van der Waals surface area contributed by atoms with Crippen molar-refractivity contribution < 1.29 is 23.1 Å². The fraction of sp³-hybridized carbons (Fsp3) is 0.281. The maximum atomic E-state index is 14.2. The number of halogens is 1. The maximum absolute atomic E-state index is 14.2. The molecule has 0 radical (unpaired) electrons. The van der Waals surface area contributed by atoms with Gasteiger partial charge in [-0.25, -0.2) is 9.37 Å². The normalized spacial score (nSPS) is 14.6. The number of fused-ring (bicyclic) bond motifs is 1. The van der Waals surface area contributed by atoms with Crippen molar-refractivity contribution in [1.29, 1.82) is 0 Å². The summed E-state index contributed by atoms with van der Waals surface area (Å²) in [4.78, 5) is 31.8. The van der Waals surface area contributed by atoms with Crippen LogP contribution in [0, 0.1) is 11.7 Å². The fourth-order valence-electron chi connectivity index (χ4n) is 4.95. The van der Waals surface area contributed by atoms with E-state index >= 15 is 0 Å². The number of nitrogens with zero attached hydrogens (tertiary/aromatic N) is 2. The number of amides is 2. The number of aromatic nitrogens is 1. The molecule has 0 saturated heterocycles. The van der Waals surface area contributed by atoms with Gasteiger partial charge in [-0.15, -0.1) is 0 Å². The molecule has 1 atom stereocenters. The van der Waals surface area contributed by atoms with Gasteiger partial charge in [0.1, 0.15) is 17.8 Å². The summed E-state index contributed by atoms with van der Waals surface area (Å²) < 4.78 is 25.7. The third-order valence-electron chi connectivity index (χ3n) is 6.86. The van der Waals surface area contributed by atoms with E-state index in [2.05, 4.69) is 10.3 Å². The maximum Gasteiger partial charge on any atom is 0.273 e. The first-order valence-electron chi connectivity index (χ1n) is 13.4. The third kappa shape index (κ3) is 6.39. The summed E-state index contributed by atoms with van der Waals surface area (Å²) in [6, 6.07) is 21.3. The molecule has 1 aliphatic rings. The van der Waals surface area contributed by atoms with Crippen LogP contribution in [0.3, 0.4) is 0 Å². The van der Waals surface area contributed by atoms with Gasteiger partial charge in [-0.1, -0.05) is 62.4 Å². The molecule has 1 aliphatic heterocycles. The van der Waals surface area contributed by atoms with Gasteiger partial charge in [0.25, 0.3) is 5.91 Å². The van der Waals surface area contributed by atoms with Crippen molar-refractivity contribution in [2.24, 2.45) is 5.92 Å². The lowest BCUT2D eigenvalue weighted by Crippen LogP contribution is -2.41. The number of benzene rings is 3. The van der Waals surface area contributed by atoms with Crippen LogP contribution in [-0.4, -0.2) is 28.2 Å². The molecule has 2 amide bonds. The highest BCUT2D eigenvalue weighted by Gasteiger charge is 2.32. The average molecular weight is 542 g/mol. The molecular weight excluding hydrogens is 509 g/mol. The molecule has 3 aromatic carbocycles. The Morgan fingerprint density at radius 3 is 2.70 bits per heavy atom. The van der Waals surface area contributed by atoms with Crippen molar-refractivity contribution in [2.75, 3.05) is 6.54 Å². The molecule has 1 aromatic heterocycles. The summed E-state index contributed by atoms with van der Waals surface area (Å²) >= 11 is 0. The number of nitrogens with one attached hydrogen (secondary N) is 1. The van der Waals surface area contributed by atoms with Crippen LogP contribution in [0.4, 0.5) is 4.39 Å². The largest absolute Gasteiger partial charge is 0.484 e. The number of rotatable bonds is 9. The number of hydrogen-bond donors (Lipinski definition) is 1.